The average Bonchev–Trinajstić information content (AvgIpc) is 3.24. The summed E-state index contributed by atoms with van der Waals surface area (Å²) in [6.07, 6.45) is 3.81. The number of amides is 2. The lowest BCUT2D eigenvalue weighted by molar-refractivity contribution is -0.116. The Morgan fingerprint density at radius 2 is 1.79 bits per heavy atom. The zero-order valence-corrected chi connectivity index (χ0v) is 20.1. The highest BCUT2D eigenvalue weighted by Gasteiger charge is 2.20. The van der Waals surface area contributed by atoms with Crippen molar-refractivity contribution in [3.8, 4) is 5.75 Å². The highest BCUT2D eigenvalue weighted by molar-refractivity contribution is 6.39. The van der Waals surface area contributed by atoms with Crippen LogP contribution < -0.4 is 10.1 Å². The first-order valence-corrected chi connectivity index (χ1v) is 11.2. The van der Waals surface area contributed by atoms with Gasteiger partial charge in [0.2, 0.25) is 5.91 Å². The summed E-state index contributed by atoms with van der Waals surface area (Å²) in [7, 11) is 1.54. The predicted molar refractivity (Wildman–Crippen MR) is 133 cm³/mol. The van der Waals surface area contributed by atoms with Gasteiger partial charge in [0.05, 0.1) is 33.5 Å². The number of ether oxygens (including phenoxy) is 1. The molecule has 2 amide bonds. The standard InChI is InChI=1S/C25H22Cl2N4O3/c1-16-7-6-12-31-13-17(28-24(16)31)15-34-21-11-4-3-8-18(21)25(33)30(2)14-22(32)29-23-19(26)9-5-10-20(23)27/h3-13H,14-15H2,1-2H3,(H,29,32). The van der Waals surface area contributed by atoms with Crippen molar-refractivity contribution in [1.29, 1.82) is 0 Å². The molecule has 0 radical (unpaired) electrons. The van der Waals surface area contributed by atoms with Gasteiger partial charge in [-0.05, 0) is 42.8 Å². The molecular weight excluding hydrogens is 475 g/mol. The number of aryl methyl sites for hydroxylation is 1. The third-order valence-electron chi connectivity index (χ3n) is 5.18. The molecule has 4 aromatic rings. The molecule has 0 unspecified atom stereocenters. The third-order valence-corrected chi connectivity index (χ3v) is 5.81. The number of pyridine rings is 1. The number of anilines is 1. The minimum absolute atomic E-state index is 0.194. The van der Waals surface area contributed by atoms with Crippen LogP contribution >= 0.6 is 23.2 Å². The molecule has 7 nitrogen and oxygen atoms in total. The zero-order valence-electron chi connectivity index (χ0n) is 18.6. The summed E-state index contributed by atoms with van der Waals surface area (Å²) in [5.74, 6) is -0.381. The predicted octanol–water partition coefficient (Wildman–Crippen LogP) is 5.24. The van der Waals surface area contributed by atoms with Crippen LogP contribution in [0.1, 0.15) is 21.6 Å². The van der Waals surface area contributed by atoms with Gasteiger partial charge in [0, 0.05) is 19.4 Å². The van der Waals surface area contributed by atoms with Gasteiger partial charge < -0.3 is 19.4 Å². The molecule has 4 rings (SSSR count). The fraction of sp³-hybridized carbons (Fsp3) is 0.160. The van der Waals surface area contributed by atoms with Gasteiger partial charge in [-0.25, -0.2) is 4.98 Å². The van der Waals surface area contributed by atoms with Crippen molar-refractivity contribution in [2.24, 2.45) is 0 Å². The Hall–Kier alpha value is -3.55. The van der Waals surface area contributed by atoms with E-state index in [2.05, 4.69) is 10.3 Å². The molecule has 2 aromatic heterocycles. The molecule has 0 aliphatic heterocycles. The number of hydrogen-bond acceptors (Lipinski definition) is 4. The van der Waals surface area contributed by atoms with Gasteiger partial charge in [0.15, 0.2) is 0 Å². The average molecular weight is 497 g/mol. The Kier molecular flexibility index (Phi) is 7.05. The number of hydrogen-bond donors (Lipinski definition) is 1. The van der Waals surface area contributed by atoms with E-state index in [1.165, 1.54) is 11.9 Å². The van der Waals surface area contributed by atoms with Gasteiger partial charge >= 0.3 is 0 Å². The van der Waals surface area contributed by atoms with E-state index in [9.17, 15) is 9.59 Å². The fourth-order valence-corrected chi connectivity index (χ4v) is 3.98. The summed E-state index contributed by atoms with van der Waals surface area (Å²) < 4.78 is 7.87. The number of nitrogens with zero attached hydrogens (tertiary/aromatic N) is 3. The smallest absolute Gasteiger partial charge is 0.257 e. The number of likely N-dealkylation sites (N-methyl/N-ethyl adjacent to an activating group) is 1. The van der Waals surface area contributed by atoms with E-state index < -0.39 is 5.91 Å². The van der Waals surface area contributed by atoms with Gasteiger partial charge in [-0.1, -0.05) is 47.5 Å². The summed E-state index contributed by atoms with van der Waals surface area (Å²) >= 11 is 12.2. The monoisotopic (exact) mass is 496 g/mol. The minimum Gasteiger partial charge on any atom is -0.486 e. The second-order valence-corrected chi connectivity index (χ2v) is 8.56. The SMILES string of the molecule is Cc1cccn2cc(COc3ccccc3C(=O)N(C)CC(=O)Nc3c(Cl)cccc3Cl)nc12. The summed E-state index contributed by atoms with van der Waals surface area (Å²) in [4.78, 5) is 31.5. The number of aromatic nitrogens is 2. The van der Waals surface area contributed by atoms with Gasteiger partial charge in [-0.2, -0.15) is 0 Å². The van der Waals surface area contributed by atoms with E-state index in [4.69, 9.17) is 27.9 Å². The van der Waals surface area contributed by atoms with Crippen molar-refractivity contribution in [1.82, 2.24) is 14.3 Å². The second-order valence-electron chi connectivity index (χ2n) is 7.75. The Morgan fingerprint density at radius 3 is 2.53 bits per heavy atom. The molecular formula is C25H22Cl2N4O3. The first kappa shape index (κ1) is 23.6. The molecule has 1 N–H and O–H groups in total. The minimum atomic E-state index is -0.427. The number of carbonyl (C=O) groups is 2. The van der Waals surface area contributed by atoms with Gasteiger partial charge in [-0.3, -0.25) is 9.59 Å². The van der Waals surface area contributed by atoms with Crippen molar-refractivity contribution in [3.63, 3.8) is 0 Å². The van der Waals surface area contributed by atoms with Gasteiger partial charge in [-0.15, -0.1) is 0 Å². The molecule has 0 fully saturated rings. The molecule has 0 bridgehead atoms. The van der Waals surface area contributed by atoms with Crippen LogP contribution in [0.15, 0.2) is 67.0 Å². The van der Waals surface area contributed by atoms with E-state index in [0.717, 1.165) is 16.9 Å². The Balaban J connectivity index is 1.44. The largest absolute Gasteiger partial charge is 0.486 e. The number of nitrogens with one attached hydrogen (secondary N) is 1. The molecule has 0 saturated heterocycles. The molecule has 0 atom stereocenters. The lowest BCUT2D eigenvalue weighted by Crippen LogP contribution is -2.35. The van der Waals surface area contributed by atoms with E-state index in [0.29, 0.717) is 27.0 Å². The summed E-state index contributed by atoms with van der Waals surface area (Å²) in [5, 5.41) is 3.29. The van der Waals surface area contributed by atoms with Crippen LogP contribution in [0, 0.1) is 6.92 Å². The first-order chi connectivity index (χ1) is 16.3. The lowest BCUT2D eigenvalue weighted by Gasteiger charge is -2.19. The van der Waals surface area contributed by atoms with E-state index >= 15 is 0 Å². The van der Waals surface area contributed by atoms with Crippen LogP contribution in [0.5, 0.6) is 5.75 Å². The van der Waals surface area contributed by atoms with Crippen LogP contribution in [0.2, 0.25) is 10.0 Å². The number of benzene rings is 2. The molecule has 0 aliphatic carbocycles. The van der Waals surface area contributed by atoms with Crippen molar-refractivity contribution >= 4 is 46.4 Å². The maximum atomic E-state index is 13.1. The van der Waals surface area contributed by atoms with Crippen LogP contribution in [0.3, 0.4) is 0 Å². The van der Waals surface area contributed by atoms with E-state index in [1.807, 2.05) is 35.9 Å². The van der Waals surface area contributed by atoms with Crippen molar-refractivity contribution in [2.45, 2.75) is 13.5 Å². The van der Waals surface area contributed by atoms with Crippen LogP contribution in [-0.2, 0) is 11.4 Å². The topological polar surface area (TPSA) is 75.9 Å². The van der Waals surface area contributed by atoms with Gasteiger partial charge in [0.25, 0.3) is 5.91 Å². The summed E-state index contributed by atoms with van der Waals surface area (Å²) in [6, 6.07) is 15.8. The van der Waals surface area contributed by atoms with Crippen LogP contribution in [0.4, 0.5) is 5.69 Å². The number of halogens is 2. The van der Waals surface area contributed by atoms with Crippen molar-refractivity contribution in [3.05, 3.63) is 93.9 Å². The molecule has 0 spiro atoms. The molecule has 9 heteroatoms. The van der Waals surface area contributed by atoms with E-state index in [1.54, 1.807) is 42.5 Å². The Bertz CT molecular complexity index is 1350. The number of fused-ring (bicyclic) bond motifs is 1. The number of imidazole rings is 1. The fourth-order valence-electron chi connectivity index (χ4n) is 3.48. The van der Waals surface area contributed by atoms with Crippen molar-refractivity contribution < 1.29 is 14.3 Å². The number of carbonyl (C=O) groups excluding carboxylic acids is 2. The molecule has 2 aromatic carbocycles. The van der Waals surface area contributed by atoms with E-state index in [-0.39, 0.29) is 19.1 Å². The molecule has 0 aliphatic rings. The Labute approximate surface area is 206 Å². The number of rotatable bonds is 7. The summed E-state index contributed by atoms with van der Waals surface area (Å²) in [6.45, 7) is 1.99. The lowest BCUT2D eigenvalue weighted by atomic mass is 10.1. The zero-order chi connectivity index (χ0) is 24.2. The first-order valence-electron chi connectivity index (χ1n) is 10.5. The quantitative estimate of drug-likeness (QED) is 0.379. The molecule has 174 valence electrons. The summed E-state index contributed by atoms with van der Waals surface area (Å²) in [5.41, 5.74) is 3.30. The highest BCUT2D eigenvalue weighted by Crippen LogP contribution is 2.29. The Morgan fingerprint density at radius 1 is 1.06 bits per heavy atom. The normalized spacial score (nSPS) is 10.8. The second kappa shape index (κ2) is 10.2. The third kappa shape index (κ3) is 5.16. The van der Waals surface area contributed by atoms with Gasteiger partial charge in [0.1, 0.15) is 18.0 Å². The highest BCUT2D eigenvalue weighted by atomic mass is 35.5. The molecule has 34 heavy (non-hydrogen) atoms. The van der Waals surface area contributed by atoms with Crippen LogP contribution in [0.25, 0.3) is 5.65 Å². The maximum Gasteiger partial charge on any atom is 0.257 e. The molecule has 0 saturated carbocycles. The van der Waals surface area contributed by atoms with Crippen molar-refractivity contribution in [2.75, 3.05) is 18.9 Å². The maximum absolute atomic E-state index is 13.1. The van der Waals surface area contributed by atoms with Crippen LogP contribution in [-0.4, -0.2) is 39.7 Å². The number of para-hydroxylation sites is 2. The molecule has 2 heterocycles.